The molecule has 0 saturated carbocycles. The first kappa shape index (κ1) is 13.9. The summed E-state index contributed by atoms with van der Waals surface area (Å²) in [5.74, 6) is 0. The van der Waals surface area contributed by atoms with Gasteiger partial charge in [-0.2, -0.15) is 0 Å². The van der Waals surface area contributed by atoms with Crippen LogP contribution in [0.3, 0.4) is 0 Å². The molecule has 23 heavy (non-hydrogen) atoms. The van der Waals surface area contributed by atoms with Gasteiger partial charge in [-0.05, 0) is 43.2 Å². The van der Waals surface area contributed by atoms with Crippen molar-refractivity contribution in [1.29, 1.82) is 0 Å². The van der Waals surface area contributed by atoms with Gasteiger partial charge in [0.1, 0.15) is 18.2 Å². The van der Waals surface area contributed by atoms with Gasteiger partial charge >= 0.3 is 0 Å². The van der Waals surface area contributed by atoms with Gasteiger partial charge in [0, 0.05) is 40.4 Å². The second-order valence-electron chi connectivity index (χ2n) is 6.02. The maximum absolute atomic E-state index is 5.94. The number of hydrogen-bond donors (Lipinski definition) is 0. The van der Waals surface area contributed by atoms with Gasteiger partial charge in [0.2, 0.25) is 5.69 Å². The third kappa shape index (κ3) is 2.20. The maximum atomic E-state index is 5.94. The van der Waals surface area contributed by atoms with E-state index in [0.717, 1.165) is 28.4 Å². The fraction of sp³-hybridized carbons (Fsp3) is 0.200. The summed E-state index contributed by atoms with van der Waals surface area (Å²) < 4.78 is 8.15. The van der Waals surface area contributed by atoms with Crippen LogP contribution in [0.1, 0.15) is 18.1 Å². The van der Waals surface area contributed by atoms with Crippen LogP contribution in [0.5, 0.6) is 0 Å². The van der Waals surface area contributed by atoms with Crippen LogP contribution in [0.25, 0.3) is 33.2 Å². The Bertz CT molecular complexity index is 1030. The van der Waals surface area contributed by atoms with Crippen molar-refractivity contribution >= 4 is 21.9 Å². The van der Waals surface area contributed by atoms with Crippen molar-refractivity contribution < 1.29 is 8.98 Å². The zero-order chi connectivity index (χ0) is 16.0. The molecule has 3 heteroatoms. The Labute approximate surface area is 135 Å². The van der Waals surface area contributed by atoms with Gasteiger partial charge in [-0.3, -0.25) is 4.98 Å². The van der Waals surface area contributed by atoms with Crippen LogP contribution in [0.15, 0.2) is 53.3 Å². The number of furan rings is 1. The first-order valence-corrected chi connectivity index (χ1v) is 7.93. The molecule has 1 aromatic carbocycles. The zero-order valence-corrected chi connectivity index (χ0v) is 13.6. The van der Waals surface area contributed by atoms with Crippen molar-refractivity contribution in [2.24, 2.45) is 7.05 Å². The molecule has 0 aliphatic carbocycles. The van der Waals surface area contributed by atoms with Crippen molar-refractivity contribution in [2.45, 2.75) is 20.3 Å². The van der Waals surface area contributed by atoms with E-state index in [1.165, 1.54) is 22.4 Å². The summed E-state index contributed by atoms with van der Waals surface area (Å²) in [6.45, 7) is 4.31. The van der Waals surface area contributed by atoms with Gasteiger partial charge in [0.15, 0.2) is 6.20 Å². The van der Waals surface area contributed by atoms with E-state index in [4.69, 9.17) is 4.42 Å². The predicted molar refractivity (Wildman–Crippen MR) is 92.2 cm³/mol. The highest BCUT2D eigenvalue weighted by atomic mass is 16.3. The van der Waals surface area contributed by atoms with Crippen LogP contribution >= 0.6 is 0 Å². The lowest BCUT2D eigenvalue weighted by Crippen LogP contribution is -2.31. The molecule has 0 atom stereocenters. The lowest BCUT2D eigenvalue weighted by atomic mass is 10.0. The van der Waals surface area contributed by atoms with Crippen LogP contribution in [-0.2, 0) is 13.5 Å². The van der Waals surface area contributed by atoms with Crippen molar-refractivity contribution in [3.05, 3.63) is 60.0 Å². The third-order valence-electron chi connectivity index (χ3n) is 4.50. The van der Waals surface area contributed by atoms with Crippen LogP contribution in [-0.4, -0.2) is 4.98 Å². The number of nitrogens with zero attached hydrogens (tertiary/aromatic N) is 2. The first-order valence-electron chi connectivity index (χ1n) is 7.93. The minimum Gasteiger partial charge on any atom is -0.456 e. The summed E-state index contributed by atoms with van der Waals surface area (Å²) in [4.78, 5) is 4.24. The molecule has 0 aliphatic heterocycles. The molecule has 4 aromatic rings. The summed E-state index contributed by atoms with van der Waals surface area (Å²) in [7, 11) is 2.10. The molecule has 3 aromatic heterocycles. The summed E-state index contributed by atoms with van der Waals surface area (Å²) in [5.41, 5.74) is 6.80. The fourth-order valence-corrected chi connectivity index (χ4v) is 3.20. The first-order chi connectivity index (χ1) is 11.2. The lowest BCUT2D eigenvalue weighted by molar-refractivity contribution is -0.660. The second-order valence-corrected chi connectivity index (χ2v) is 6.02. The van der Waals surface area contributed by atoms with Gasteiger partial charge in [-0.25, -0.2) is 4.57 Å². The molecular weight excluding hydrogens is 284 g/mol. The SMILES string of the molecule is CCc1ccc(-c2cc3c(cc2C)oc2ccncc23)[n+](C)c1. The quantitative estimate of drug-likeness (QED) is 0.515. The summed E-state index contributed by atoms with van der Waals surface area (Å²) >= 11 is 0. The van der Waals surface area contributed by atoms with Gasteiger partial charge in [-0.1, -0.05) is 6.92 Å². The Kier molecular flexibility index (Phi) is 3.15. The van der Waals surface area contributed by atoms with Crippen molar-refractivity contribution in [1.82, 2.24) is 4.98 Å². The molecule has 114 valence electrons. The maximum Gasteiger partial charge on any atom is 0.212 e. The number of pyridine rings is 2. The van der Waals surface area contributed by atoms with Crippen molar-refractivity contribution in [3.8, 4) is 11.3 Å². The average Bonchev–Trinajstić information content (AvgIpc) is 2.91. The molecule has 0 fully saturated rings. The minimum atomic E-state index is 0.886. The molecule has 3 heterocycles. The molecular formula is C20H19N2O+. The lowest BCUT2D eigenvalue weighted by Gasteiger charge is -2.06. The number of hydrogen-bond acceptors (Lipinski definition) is 2. The number of aromatic nitrogens is 2. The predicted octanol–water partition coefficient (Wildman–Crippen LogP) is 4.34. The van der Waals surface area contributed by atoms with E-state index < -0.39 is 0 Å². The van der Waals surface area contributed by atoms with Crippen LogP contribution in [0.2, 0.25) is 0 Å². The molecule has 4 rings (SSSR count). The molecule has 0 aliphatic rings. The Balaban J connectivity index is 1.99. The number of benzene rings is 1. The smallest absolute Gasteiger partial charge is 0.212 e. The van der Waals surface area contributed by atoms with E-state index in [0.29, 0.717) is 0 Å². The van der Waals surface area contributed by atoms with Crippen LogP contribution in [0.4, 0.5) is 0 Å². The highest BCUT2D eigenvalue weighted by Gasteiger charge is 2.16. The van der Waals surface area contributed by atoms with Gasteiger partial charge in [0.05, 0.1) is 0 Å². The van der Waals surface area contributed by atoms with E-state index >= 15 is 0 Å². The number of fused-ring (bicyclic) bond motifs is 3. The van der Waals surface area contributed by atoms with E-state index in [2.05, 4.69) is 60.9 Å². The topological polar surface area (TPSA) is 29.9 Å². The Morgan fingerprint density at radius 3 is 2.74 bits per heavy atom. The van der Waals surface area contributed by atoms with Gasteiger partial charge < -0.3 is 4.42 Å². The highest BCUT2D eigenvalue weighted by Crippen LogP contribution is 2.33. The minimum absolute atomic E-state index is 0.886. The zero-order valence-electron chi connectivity index (χ0n) is 13.6. The molecule has 3 nitrogen and oxygen atoms in total. The molecule has 0 N–H and O–H groups in total. The molecule has 0 amide bonds. The van der Waals surface area contributed by atoms with E-state index in [1.54, 1.807) is 6.20 Å². The molecule has 0 spiro atoms. The monoisotopic (exact) mass is 303 g/mol. The van der Waals surface area contributed by atoms with Crippen molar-refractivity contribution in [3.63, 3.8) is 0 Å². The molecule has 0 radical (unpaired) electrons. The molecule has 0 unspecified atom stereocenters. The van der Waals surface area contributed by atoms with E-state index in [-0.39, 0.29) is 0 Å². The molecule has 0 bridgehead atoms. The average molecular weight is 303 g/mol. The van der Waals surface area contributed by atoms with E-state index in [1.807, 2.05) is 12.3 Å². The van der Waals surface area contributed by atoms with Crippen LogP contribution in [0, 0.1) is 6.92 Å². The Hall–Kier alpha value is -2.68. The van der Waals surface area contributed by atoms with Gasteiger partial charge in [0.25, 0.3) is 0 Å². The summed E-state index contributed by atoms with van der Waals surface area (Å²) in [6, 6.07) is 10.7. The summed E-state index contributed by atoms with van der Waals surface area (Å²) in [6.07, 6.45) is 6.89. The normalized spacial score (nSPS) is 11.4. The second kappa shape index (κ2) is 5.20. The third-order valence-corrected chi connectivity index (χ3v) is 4.50. The van der Waals surface area contributed by atoms with Crippen LogP contribution < -0.4 is 4.57 Å². The fourth-order valence-electron chi connectivity index (χ4n) is 3.20. The van der Waals surface area contributed by atoms with Crippen molar-refractivity contribution in [2.75, 3.05) is 0 Å². The van der Waals surface area contributed by atoms with Gasteiger partial charge in [-0.15, -0.1) is 0 Å². The summed E-state index contributed by atoms with van der Waals surface area (Å²) in [5, 5.41) is 2.19. The standard InChI is InChI=1S/C20H19N2O/c1-4-14-5-6-18(22(3)12-14)15-10-16-17-11-21-8-7-19(17)23-20(16)9-13(15)2/h5-12H,4H2,1-3H3/q+1. The number of aryl methyl sites for hydroxylation is 3. The highest BCUT2D eigenvalue weighted by molar-refractivity contribution is 6.06. The largest absolute Gasteiger partial charge is 0.456 e. The Morgan fingerprint density at radius 2 is 1.96 bits per heavy atom. The Morgan fingerprint density at radius 1 is 1.09 bits per heavy atom. The van der Waals surface area contributed by atoms with E-state index in [9.17, 15) is 0 Å². The molecule has 0 saturated heterocycles. The number of rotatable bonds is 2.